The van der Waals surface area contributed by atoms with E-state index in [1.165, 1.54) is 21.4 Å². The number of hydrogen-bond donors (Lipinski definition) is 0. The van der Waals surface area contributed by atoms with E-state index in [-0.39, 0.29) is 0 Å². The summed E-state index contributed by atoms with van der Waals surface area (Å²) in [5.74, 6) is 6.86. The molecule has 0 aliphatic heterocycles. The van der Waals surface area contributed by atoms with E-state index in [4.69, 9.17) is 0 Å². The van der Waals surface area contributed by atoms with Crippen LogP contribution in [0.5, 0.6) is 0 Å². The third-order valence-corrected chi connectivity index (χ3v) is 5.18. The first-order valence-corrected chi connectivity index (χ1v) is 15.7. The average molecular weight is 315 g/mol. The molecule has 0 saturated heterocycles. The lowest BCUT2D eigenvalue weighted by atomic mass is 10.0. The molecular formula is C17H26Si3. The molecule has 0 saturated carbocycles. The van der Waals surface area contributed by atoms with E-state index in [9.17, 15) is 0 Å². The Bertz CT molecular complexity index is 594. The summed E-state index contributed by atoms with van der Waals surface area (Å²) in [6.07, 6.45) is 0. The van der Waals surface area contributed by atoms with Gasteiger partial charge in [-0.1, -0.05) is 63.3 Å². The first-order valence-electron chi connectivity index (χ1n) is 7.30. The highest BCUT2D eigenvalue weighted by Gasteiger charge is 2.10. The topological polar surface area (TPSA) is 0 Å². The molecule has 0 heterocycles. The van der Waals surface area contributed by atoms with E-state index >= 15 is 0 Å². The zero-order chi connectivity index (χ0) is 15.4. The minimum Gasteiger partial charge on any atom is -0.127 e. The summed E-state index contributed by atoms with van der Waals surface area (Å²) in [7, 11) is -1.52. The second-order valence-electron chi connectivity index (χ2n) is 7.19. The van der Waals surface area contributed by atoms with Gasteiger partial charge in [0, 0.05) is 21.4 Å². The van der Waals surface area contributed by atoms with Crippen LogP contribution < -0.4 is 0 Å². The largest absolute Gasteiger partial charge is 0.129 e. The van der Waals surface area contributed by atoms with Gasteiger partial charge >= 0.3 is 0 Å². The molecule has 0 N–H and O–H groups in total. The van der Waals surface area contributed by atoms with Crippen molar-refractivity contribution in [2.45, 2.75) is 45.3 Å². The number of benzene rings is 1. The van der Waals surface area contributed by atoms with E-state index < -0.39 is 16.1 Å². The van der Waals surface area contributed by atoms with Crippen molar-refractivity contribution in [3.8, 4) is 22.9 Å². The molecule has 0 aliphatic carbocycles. The van der Waals surface area contributed by atoms with Gasteiger partial charge in [0.25, 0.3) is 0 Å². The molecule has 1 aromatic rings. The molecular weight excluding hydrogens is 288 g/mol. The molecule has 106 valence electrons. The predicted molar refractivity (Wildman–Crippen MR) is 101 cm³/mol. The highest BCUT2D eigenvalue weighted by molar-refractivity contribution is 6.84. The molecule has 0 unspecified atom stereocenters. The zero-order valence-corrected chi connectivity index (χ0v) is 17.9. The Labute approximate surface area is 129 Å². The normalized spacial score (nSPS) is 11.3. The fourth-order valence-corrected chi connectivity index (χ4v) is 3.25. The molecule has 0 aromatic heterocycles. The molecule has 0 radical (unpaired) electrons. The molecule has 0 spiro atoms. The monoisotopic (exact) mass is 314 g/mol. The maximum atomic E-state index is 3.50. The van der Waals surface area contributed by atoms with Crippen molar-refractivity contribution in [1.29, 1.82) is 0 Å². The first kappa shape index (κ1) is 17.0. The van der Waals surface area contributed by atoms with Crippen LogP contribution in [0.1, 0.15) is 16.7 Å². The highest BCUT2D eigenvalue weighted by atomic mass is 28.3. The van der Waals surface area contributed by atoms with E-state index in [0.717, 1.165) is 11.6 Å². The molecule has 0 fully saturated rings. The van der Waals surface area contributed by atoms with Crippen LogP contribution in [0.4, 0.5) is 0 Å². The molecule has 0 atom stereocenters. The van der Waals surface area contributed by atoms with Gasteiger partial charge in [0.05, 0.1) is 0 Å². The molecule has 0 bridgehead atoms. The smallest absolute Gasteiger partial charge is 0.127 e. The van der Waals surface area contributed by atoms with Crippen molar-refractivity contribution in [3.63, 3.8) is 0 Å². The van der Waals surface area contributed by atoms with Crippen molar-refractivity contribution in [2.24, 2.45) is 0 Å². The van der Waals surface area contributed by atoms with E-state index in [1.807, 2.05) is 0 Å². The summed E-state index contributed by atoms with van der Waals surface area (Å²) < 4.78 is 0. The Balaban J connectivity index is 3.37. The third kappa shape index (κ3) is 5.96. The highest BCUT2D eigenvalue weighted by Crippen LogP contribution is 2.14. The first-order chi connectivity index (χ1) is 9.12. The summed E-state index contributed by atoms with van der Waals surface area (Å²) in [5.41, 5.74) is 10.7. The molecule has 1 aromatic carbocycles. The van der Waals surface area contributed by atoms with Crippen LogP contribution in [0.3, 0.4) is 0 Å². The second kappa shape index (κ2) is 6.63. The average Bonchev–Trinajstić information content (AvgIpc) is 2.32. The molecule has 0 aliphatic rings. The number of hydrogen-bond acceptors (Lipinski definition) is 0. The molecule has 20 heavy (non-hydrogen) atoms. The minimum absolute atomic E-state index is 1.13. The van der Waals surface area contributed by atoms with E-state index in [2.05, 4.69) is 80.4 Å². The van der Waals surface area contributed by atoms with Crippen molar-refractivity contribution in [1.82, 2.24) is 0 Å². The minimum atomic E-state index is -1.35. The molecule has 1 rings (SSSR count). The van der Waals surface area contributed by atoms with E-state index in [0.29, 0.717) is 0 Å². The van der Waals surface area contributed by atoms with Gasteiger partial charge in [-0.3, -0.25) is 0 Å². The summed E-state index contributed by atoms with van der Waals surface area (Å²) in [6, 6.07) is 7.61. The summed E-state index contributed by atoms with van der Waals surface area (Å²) >= 11 is 0. The van der Waals surface area contributed by atoms with Crippen molar-refractivity contribution in [2.75, 3.05) is 0 Å². The maximum Gasteiger partial charge on any atom is 0.129 e. The summed E-state index contributed by atoms with van der Waals surface area (Å²) in [5, 5.41) is 0. The van der Waals surface area contributed by atoms with Gasteiger partial charge in [0.15, 0.2) is 0 Å². The number of rotatable bonds is 1. The second-order valence-corrected chi connectivity index (χ2v) is 17.4. The summed E-state index contributed by atoms with van der Waals surface area (Å²) in [6.45, 7) is 13.7. The Morgan fingerprint density at radius 1 is 0.900 bits per heavy atom. The molecule has 3 heteroatoms. The summed E-state index contributed by atoms with van der Waals surface area (Å²) in [4.78, 5) is 0. The van der Waals surface area contributed by atoms with Crippen LogP contribution in [0.2, 0.25) is 39.3 Å². The standard InChI is InChI=1S/C17H26Si3/c1-19(2,3)12-10-15-8-7-9-16(14-18)17(15)11-13-20(4,5)6/h7-9H,14H2,1-6,18H3. The molecule has 0 nitrogen and oxygen atoms in total. The van der Waals surface area contributed by atoms with Crippen molar-refractivity contribution in [3.05, 3.63) is 34.9 Å². The van der Waals surface area contributed by atoms with Gasteiger partial charge in [-0.15, -0.1) is 11.1 Å². The lowest BCUT2D eigenvalue weighted by Crippen LogP contribution is -2.17. The van der Waals surface area contributed by atoms with Crippen LogP contribution >= 0.6 is 0 Å². The Hall–Kier alpha value is -1.01. The SMILES string of the molecule is C[Si](C)(C)C#Cc1cccc(C[SiH3])c1C#C[Si](C)(C)C. The van der Waals surface area contributed by atoms with Gasteiger partial charge in [-0.05, 0) is 17.7 Å². The van der Waals surface area contributed by atoms with E-state index in [1.54, 1.807) is 0 Å². The van der Waals surface area contributed by atoms with Crippen molar-refractivity contribution >= 4 is 26.4 Å². The Morgan fingerprint density at radius 3 is 1.95 bits per heavy atom. The van der Waals surface area contributed by atoms with Crippen molar-refractivity contribution < 1.29 is 0 Å². The fourth-order valence-electron chi connectivity index (χ4n) is 1.65. The van der Waals surface area contributed by atoms with Gasteiger partial charge < -0.3 is 0 Å². The molecule has 0 amide bonds. The van der Waals surface area contributed by atoms with Gasteiger partial charge in [0.1, 0.15) is 16.1 Å². The Kier molecular flexibility index (Phi) is 5.65. The van der Waals surface area contributed by atoms with Crippen LogP contribution in [0.25, 0.3) is 0 Å². The lowest BCUT2D eigenvalue weighted by molar-refractivity contribution is 1.36. The van der Waals surface area contributed by atoms with Crippen LogP contribution in [-0.4, -0.2) is 26.4 Å². The zero-order valence-electron chi connectivity index (χ0n) is 13.9. The predicted octanol–water partition coefficient (Wildman–Crippen LogP) is 3.01. The Morgan fingerprint density at radius 2 is 1.45 bits per heavy atom. The van der Waals surface area contributed by atoms with Crippen LogP contribution in [0.15, 0.2) is 18.2 Å². The third-order valence-electron chi connectivity index (χ3n) is 2.67. The van der Waals surface area contributed by atoms with Gasteiger partial charge in [-0.2, -0.15) is 0 Å². The van der Waals surface area contributed by atoms with Crippen LogP contribution in [0, 0.1) is 22.9 Å². The van der Waals surface area contributed by atoms with Gasteiger partial charge in [0.2, 0.25) is 0 Å². The van der Waals surface area contributed by atoms with Gasteiger partial charge in [-0.25, -0.2) is 0 Å². The quantitative estimate of drug-likeness (QED) is 0.552. The fraction of sp³-hybridized carbons (Fsp3) is 0.412. The lowest BCUT2D eigenvalue weighted by Gasteiger charge is -2.08. The maximum absolute atomic E-state index is 3.50. The van der Waals surface area contributed by atoms with Crippen LogP contribution in [-0.2, 0) is 6.04 Å².